The molecule has 0 spiro atoms. The maximum Gasteiger partial charge on any atom is 0.339 e. The van der Waals surface area contributed by atoms with E-state index in [1.165, 1.54) is 36.4 Å². The van der Waals surface area contributed by atoms with Gasteiger partial charge in [0.25, 0.3) is 0 Å². The number of nitrogens with one attached hydrogen (secondary N) is 3. The van der Waals surface area contributed by atoms with Crippen LogP contribution in [0.5, 0.6) is 5.75 Å². The molecular weight excluding hydrogens is 440 g/mol. The highest BCUT2D eigenvalue weighted by Crippen LogP contribution is 2.30. The molecule has 1 unspecified atom stereocenters. The molecule has 1 amide bonds. The summed E-state index contributed by atoms with van der Waals surface area (Å²) < 4.78 is 30.4. The highest BCUT2D eigenvalue weighted by molar-refractivity contribution is 7.87. The Kier molecular flexibility index (Phi) is 5.72. The largest absolute Gasteiger partial charge is 0.480 e. The average Bonchev–Trinajstić information content (AvgIpc) is 3.53. The van der Waals surface area contributed by atoms with E-state index in [9.17, 15) is 18.0 Å². The summed E-state index contributed by atoms with van der Waals surface area (Å²) in [6.07, 6.45) is 1.72. The van der Waals surface area contributed by atoms with Crippen molar-refractivity contribution in [1.29, 1.82) is 0 Å². The number of aromatic amines is 1. The summed E-state index contributed by atoms with van der Waals surface area (Å²) in [5, 5.41) is 23.3. The van der Waals surface area contributed by atoms with E-state index in [1.807, 2.05) is 0 Å². The summed E-state index contributed by atoms with van der Waals surface area (Å²) >= 11 is 0. The van der Waals surface area contributed by atoms with E-state index in [-0.39, 0.29) is 28.4 Å². The molecule has 4 rings (SSSR count). The molecule has 1 aliphatic rings. The van der Waals surface area contributed by atoms with E-state index in [1.54, 1.807) is 6.07 Å². The third kappa shape index (κ3) is 4.81. The number of aromatic nitrogens is 2. The first-order chi connectivity index (χ1) is 15.2. The van der Waals surface area contributed by atoms with Crippen molar-refractivity contribution in [3.8, 4) is 5.75 Å². The molecule has 0 saturated heterocycles. The average molecular weight is 460 g/mol. The van der Waals surface area contributed by atoms with Gasteiger partial charge < -0.3 is 24.7 Å². The summed E-state index contributed by atoms with van der Waals surface area (Å²) in [5.74, 6) is -0.989. The number of H-pyrrole nitrogens is 1. The number of carbonyl (C=O) groups is 2. The van der Waals surface area contributed by atoms with E-state index in [0.29, 0.717) is 16.7 Å². The zero-order valence-corrected chi connectivity index (χ0v) is 17.4. The molecule has 12 heteroatoms. The number of hydrogen-bond acceptors (Lipinski definition) is 8. The fraction of sp³-hybridized carbons (Fsp3) is 0.250. The van der Waals surface area contributed by atoms with E-state index >= 15 is 0 Å². The molecule has 0 aliphatic heterocycles. The van der Waals surface area contributed by atoms with Crippen molar-refractivity contribution in [1.82, 2.24) is 9.97 Å². The second kappa shape index (κ2) is 8.48. The summed E-state index contributed by atoms with van der Waals surface area (Å²) in [7, 11) is -4.16. The van der Waals surface area contributed by atoms with Gasteiger partial charge in [-0.1, -0.05) is 0 Å². The number of benzene rings is 2. The van der Waals surface area contributed by atoms with Gasteiger partial charge in [-0.05, 0) is 49.2 Å². The Morgan fingerprint density at radius 3 is 2.53 bits per heavy atom. The first-order valence-corrected chi connectivity index (χ1v) is 11.1. The lowest BCUT2D eigenvalue weighted by Crippen LogP contribution is -2.32. The lowest BCUT2D eigenvalue weighted by molar-refractivity contribution is -0.138. The predicted molar refractivity (Wildman–Crippen MR) is 114 cm³/mol. The van der Waals surface area contributed by atoms with Gasteiger partial charge in [0.1, 0.15) is 16.7 Å². The zero-order chi connectivity index (χ0) is 22.9. The molecule has 32 heavy (non-hydrogen) atoms. The molecule has 3 aromatic rings. The third-order valence-electron chi connectivity index (χ3n) is 4.81. The number of aliphatic carboxylic acids is 1. The normalized spacial score (nSPS) is 14.7. The monoisotopic (exact) mass is 460 g/mol. The summed E-state index contributed by atoms with van der Waals surface area (Å²) in [4.78, 5) is 29.9. The van der Waals surface area contributed by atoms with Crippen LogP contribution in [0.15, 0.2) is 47.4 Å². The number of imidazole rings is 1. The van der Waals surface area contributed by atoms with Crippen molar-refractivity contribution < 1.29 is 32.4 Å². The Labute approximate surface area is 182 Å². The molecule has 1 aliphatic carbocycles. The topological polar surface area (TPSA) is 171 Å². The molecule has 1 saturated carbocycles. The Balaban J connectivity index is 1.47. The molecule has 1 atom stereocenters. The number of aliphatic hydroxyl groups is 1. The second-order valence-electron chi connectivity index (χ2n) is 7.31. The fourth-order valence-electron chi connectivity index (χ4n) is 2.94. The van der Waals surface area contributed by atoms with Crippen molar-refractivity contribution in [2.45, 2.75) is 23.8 Å². The standard InChI is InChI=1S/C20H20N4O7S/c25-10-17(19(27)28)21-12-3-6-14(7-4-12)32(29,30)31-13-5-8-15-16(9-13)23-20(22-15)24-18(26)11-1-2-11/h3-9,11,17,21,25H,1-2,10H2,(H,27,28)(H2,22,23,24,26). The molecule has 1 fully saturated rings. The van der Waals surface area contributed by atoms with Gasteiger partial charge in [-0.3, -0.25) is 10.1 Å². The van der Waals surface area contributed by atoms with Gasteiger partial charge in [-0.25, -0.2) is 9.78 Å². The smallest absolute Gasteiger partial charge is 0.339 e. The van der Waals surface area contributed by atoms with E-state index < -0.39 is 28.7 Å². The molecule has 0 bridgehead atoms. The number of nitrogens with zero attached hydrogens (tertiary/aromatic N) is 1. The van der Waals surface area contributed by atoms with Crippen molar-refractivity contribution in [2.75, 3.05) is 17.2 Å². The van der Waals surface area contributed by atoms with Gasteiger partial charge in [0.05, 0.1) is 17.6 Å². The van der Waals surface area contributed by atoms with Crippen molar-refractivity contribution >= 4 is 44.7 Å². The highest BCUT2D eigenvalue weighted by atomic mass is 32.2. The summed E-state index contributed by atoms with van der Waals surface area (Å²) in [6, 6.07) is 8.51. The Hall–Kier alpha value is -3.64. The molecule has 1 heterocycles. The van der Waals surface area contributed by atoms with Gasteiger partial charge in [-0.2, -0.15) is 8.42 Å². The lowest BCUT2D eigenvalue weighted by Gasteiger charge is -2.13. The van der Waals surface area contributed by atoms with Gasteiger partial charge >= 0.3 is 16.1 Å². The number of hydrogen-bond donors (Lipinski definition) is 5. The molecule has 168 valence electrons. The lowest BCUT2D eigenvalue weighted by atomic mass is 10.2. The second-order valence-corrected chi connectivity index (χ2v) is 8.85. The van der Waals surface area contributed by atoms with Crippen molar-refractivity contribution in [3.05, 3.63) is 42.5 Å². The van der Waals surface area contributed by atoms with Crippen LogP contribution in [0.25, 0.3) is 11.0 Å². The van der Waals surface area contributed by atoms with Crippen molar-refractivity contribution in [3.63, 3.8) is 0 Å². The number of aliphatic hydroxyl groups excluding tert-OH is 1. The van der Waals surface area contributed by atoms with Gasteiger partial charge in [0, 0.05) is 17.7 Å². The molecule has 0 radical (unpaired) electrons. The molecule has 11 nitrogen and oxygen atoms in total. The van der Waals surface area contributed by atoms with Gasteiger partial charge in [-0.15, -0.1) is 0 Å². The van der Waals surface area contributed by atoms with Crippen LogP contribution in [0.3, 0.4) is 0 Å². The molecule has 2 aromatic carbocycles. The maximum atomic E-state index is 12.6. The molecule has 1 aromatic heterocycles. The first-order valence-electron chi connectivity index (χ1n) is 9.70. The van der Waals surface area contributed by atoms with Gasteiger partial charge in [0.2, 0.25) is 11.9 Å². The van der Waals surface area contributed by atoms with Crippen LogP contribution in [-0.4, -0.2) is 53.1 Å². The van der Waals surface area contributed by atoms with Crippen LogP contribution in [0.2, 0.25) is 0 Å². The maximum absolute atomic E-state index is 12.6. The Morgan fingerprint density at radius 2 is 1.91 bits per heavy atom. The number of carboxylic acids is 1. The predicted octanol–water partition coefficient (Wildman–Crippen LogP) is 1.54. The third-order valence-corrected chi connectivity index (χ3v) is 6.07. The van der Waals surface area contributed by atoms with Crippen LogP contribution in [0.1, 0.15) is 12.8 Å². The Morgan fingerprint density at radius 1 is 1.19 bits per heavy atom. The number of anilines is 2. The highest BCUT2D eigenvalue weighted by Gasteiger charge is 2.30. The zero-order valence-electron chi connectivity index (χ0n) is 16.6. The van der Waals surface area contributed by atoms with Crippen LogP contribution < -0.4 is 14.8 Å². The minimum atomic E-state index is -4.16. The van der Waals surface area contributed by atoms with E-state index in [0.717, 1.165) is 12.8 Å². The van der Waals surface area contributed by atoms with E-state index in [4.69, 9.17) is 14.4 Å². The summed E-state index contributed by atoms with van der Waals surface area (Å²) in [5.41, 5.74) is 1.35. The first kappa shape index (κ1) is 21.6. The number of amides is 1. The van der Waals surface area contributed by atoms with Crippen LogP contribution in [0.4, 0.5) is 11.6 Å². The summed E-state index contributed by atoms with van der Waals surface area (Å²) in [6.45, 7) is -0.624. The van der Waals surface area contributed by atoms with Crippen molar-refractivity contribution in [2.24, 2.45) is 5.92 Å². The number of carbonyl (C=O) groups excluding carboxylic acids is 1. The van der Waals surface area contributed by atoms with E-state index in [2.05, 4.69) is 20.6 Å². The fourth-order valence-corrected chi connectivity index (χ4v) is 3.87. The van der Waals surface area contributed by atoms with Gasteiger partial charge in [0.15, 0.2) is 0 Å². The minimum Gasteiger partial charge on any atom is -0.480 e. The number of carboxylic acid groups (broad SMARTS) is 1. The minimum absolute atomic E-state index is 0.0208. The van der Waals surface area contributed by atoms with Crippen LogP contribution in [0, 0.1) is 5.92 Å². The van der Waals surface area contributed by atoms with Crippen LogP contribution in [-0.2, 0) is 19.7 Å². The Bertz CT molecular complexity index is 1270. The number of rotatable bonds is 9. The molecular formula is C20H20N4O7S. The van der Waals surface area contributed by atoms with Crippen LogP contribution >= 0.6 is 0 Å². The number of fused-ring (bicyclic) bond motifs is 1. The quantitative estimate of drug-likeness (QED) is 0.297. The SMILES string of the molecule is O=C(Nc1nc2ccc(OS(=O)(=O)c3ccc(NC(CO)C(=O)O)cc3)cc2[nH]1)C1CC1. The molecule has 5 N–H and O–H groups in total.